The number of nitrogens with one attached hydrogen (secondary N) is 1. The van der Waals surface area contributed by atoms with Crippen molar-refractivity contribution in [2.75, 3.05) is 42.6 Å². The molecule has 1 saturated carbocycles. The Morgan fingerprint density at radius 3 is 2.77 bits per heavy atom. The lowest BCUT2D eigenvalue weighted by molar-refractivity contribution is 0.0808. The molecule has 6 heterocycles. The molecule has 6 aliphatic rings. The summed E-state index contributed by atoms with van der Waals surface area (Å²) in [7, 11) is 0. The van der Waals surface area contributed by atoms with E-state index < -0.39 is 5.67 Å². The van der Waals surface area contributed by atoms with Gasteiger partial charge in [-0.3, -0.25) is 4.90 Å². The number of fused-ring (bicyclic) bond motifs is 7. The van der Waals surface area contributed by atoms with Crippen LogP contribution in [0.5, 0.6) is 11.8 Å². The Morgan fingerprint density at radius 2 is 1.91 bits per heavy atom. The second-order valence-electron chi connectivity index (χ2n) is 14.5. The maximum Gasteiger partial charge on any atom is 0.318 e. The molecule has 8 nitrogen and oxygen atoms in total. The molecule has 3 aromatic rings. The van der Waals surface area contributed by atoms with Gasteiger partial charge in [-0.25, -0.2) is 4.39 Å². The van der Waals surface area contributed by atoms with Crippen LogP contribution in [0, 0.1) is 6.92 Å². The van der Waals surface area contributed by atoms with E-state index >= 15 is 4.39 Å². The van der Waals surface area contributed by atoms with Gasteiger partial charge in [-0.1, -0.05) is 18.2 Å². The average Bonchev–Trinajstić information content (AvgIpc) is 3.73. The van der Waals surface area contributed by atoms with Crippen molar-refractivity contribution in [3.8, 4) is 11.8 Å². The zero-order valence-electron chi connectivity index (χ0n) is 25.7. The van der Waals surface area contributed by atoms with Gasteiger partial charge in [0.1, 0.15) is 23.8 Å². The molecule has 44 heavy (non-hydrogen) atoms. The van der Waals surface area contributed by atoms with Gasteiger partial charge in [-0.05, 0) is 81.9 Å². The summed E-state index contributed by atoms with van der Waals surface area (Å²) in [4.78, 5) is 17.5. The molecule has 9 heteroatoms. The quantitative estimate of drug-likeness (QED) is 0.424. The molecule has 0 radical (unpaired) electrons. The van der Waals surface area contributed by atoms with E-state index in [1.54, 1.807) is 0 Å². The number of ether oxygens (including phenoxy) is 1. The van der Waals surface area contributed by atoms with Crippen molar-refractivity contribution in [2.24, 2.45) is 0 Å². The van der Waals surface area contributed by atoms with Crippen LogP contribution in [-0.2, 0) is 13.0 Å². The van der Waals surface area contributed by atoms with E-state index in [1.165, 1.54) is 29.4 Å². The Balaban J connectivity index is 1.07. The monoisotopic (exact) mass is 598 g/mol. The van der Waals surface area contributed by atoms with Crippen molar-refractivity contribution < 1.29 is 14.2 Å². The molecule has 0 spiro atoms. The van der Waals surface area contributed by atoms with Crippen molar-refractivity contribution in [3.63, 3.8) is 0 Å². The maximum atomic E-state index is 16.0. The van der Waals surface area contributed by atoms with Crippen molar-refractivity contribution >= 4 is 22.3 Å². The average molecular weight is 599 g/mol. The molecule has 2 N–H and O–H groups in total. The molecule has 2 bridgehead atoms. The summed E-state index contributed by atoms with van der Waals surface area (Å²) < 4.78 is 22.6. The first-order valence-electron chi connectivity index (χ1n) is 16.8. The molecule has 3 unspecified atom stereocenters. The summed E-state index contributed by atoms with van der Waals surface area (Å²) in [5.41, 5.74) is 3.12. The van der Waals surface area contributed by atoms with Crippen LogP contribution in [-0.4, -0.2) is 82.1 Å². The lowest BCUT2D eigenvalue weighted by Crippen LogP contribution is -2.52. The SMILES string of the molecule is Cc1cccc2cc(O)cc(N3CCc4c(nc(OCC56CCCN5[C@@H]5CCC[C@]5(F)C6)nc4N4CC5CCC(C4)N5)C3)c12. The molecule has 232 valence electrons. The number of aromatic hydroxyl groups is 1. The van der Waals surface area contributed by atoms with E-state index in [-0.39, 0.29) is 17.3 Å². The summed E-state index contributed by atoms with van der Waals surface area (Å²) in [5.74, 6) is 1.30. The van der Waals surface area contributed by atoms with Crippen molar-refractivity contribution in [1.82, 2.24) is 20.2 Å². The minimum absolute atomic E-state index is 0.0408. The number of piperazine rings is 1. The third-order valence-corrected chi connectivity index (χ3v) is 11.8. The van der Waals surface area contributed by atoms with E-state index in [0.717, 1.165) is 80.9 Å². The van der Waals surface area contributed by atoms with E-state index in [0.29, 0.717) is 44.1 Å². The Bertz CT molecular complexity index is 1620. The Labute approximate surface area is 258 Å². The number of hydrogen-bond donors (Lipinski definition) is 2. The van der Waals surface area contributed by atoms with Crippen molar-refractivity contribution in [3.05, 3.63) is 47.2 Å². The Hall–Kier alpha value is -3.17. The van der Waals surface area contributed by atoms with Crippen LogP contribution in [0.25, 0.3) is 10.8 Å². The molecule has 5 fully saturated rings. The molecular weight excluding hydrogens is 555 g/mol. The highest BCUT2D eigenvalue weighted by Crippen LogP contribution is 2.55. The smallest absolute Gasteiger partial charge is 0.318 e. The number of alkyl halides is 1. The largest absolute Gasteiger partial charge is 0.508 e. The highest BCUT2D eigenvalue weighted by atomic mass is 19.1. The lowest BCUT2D eigenvalue weighted by atomic mass is 9.88. The molecule has 9 rings (SSSR count). The van der Waals surface area contributed by atoms with Crippen LogP contribution in [0.4, 0.5) is 15.9 Å². The van der Waals surface area contributed by atoms with Gasteiger partial charge in [0.2, 0.25) is 0 Å². The molecule has 4 saturated heterocycles. The first kappa shape index (κ1) is 27.2. The third kappa shape index (κ3) is 4.21. The summed E-state index contributed by atoms with van der Waals surface area (Å²) in [5, 5.41) is 16.6. The van der Waals surface area contributed by atoms with E-state index in [1.807, 2.05) is 18.2 Å². The predicted octanol–water partition coefficient (Wildman–Crippen LogP) is 5.03. The Morgan fingerprint density at radius 1 is 1.05 bits per heavy atom. The first-order valence-corrected chi connectivity index (χ1v) is 16.8. The van der Waals surface area contributed by atoms with Gasteiger partial charge in [-0.15, -0.1) is 0 Å². The van der Waals surface area contributed by atoms with Gasteiger partial charge >= 0.3 is 6.01 Å². The number of anilines is 2. The van der Waals surface area contributed by atoms with Gasteiger partial charge in [0.25, 0.3) is 0 Å². The van der Waals surface area contributed by atoms with E-state index in [4.69, 9.17) is 14.7 Å². The van der Waals surface area contributed by atoms with Crippen LogP contribution in [0.3, 0.4) is 0 Å². The molecule has 5 atom stereocenters. The van der Waals surface area contributed by atoms with Crippen LogP contribution in [0.2, 0.25) is 0 Å². The topological polar surface area (TPSA) is 77.0 Å². The number of phenolic OH excluding ortho intramolecular Hbond substituents is 1. The summed E-state index contributed by atoms with van der Waals surface area (Å²) >= 11 is 0. The van der Waals surface area contributed by atoms with Crippen LogP contribution < -0.4 is 19.9 Å². The maximum absolute atomic E-state index is 16.0. The molecule has 1 aromatic heterocycles. The zero-order valence-corrected chi connectivity index (χ0v) is 25.7. The fourth-order valence-corrected chi connectivity index (χ4v) is 9.96. The number of rotatable bonds is 5. The minimum Gasteiger partial charge on any atom is -0.508 e. The summed E-state index contributed by atoms with van der Waals surface area (Å²) in [6, 6.07) is 11.4. The Kier molecular flexibility index (Phi) is 6.12. The van der Waals surface area contributed by atoms with Gasteiger partial charge in [-0.2, -0.15) is 9.97 Å². The highest BCUT2D eigenvalue weighted by Gasteiger charge is 2.63. The molecule has 5 aliphatic heterocycles. The number of aromatic nitrogens is 2. The van der Waals surface area contributed by atoms with Crippen LogP contribution in [0.1, 0.15) is 68.2 Å². The van der Waals surface area contributed by atoms with Gasteiger partial charge < -0.3 is 25.0 Å². The summed E-state index contributed by atoms with van der Waals surface area (Å²) in [6.45, 7) is 6.89. The van der Waals surface area contributed by atoms with E-state index in [2.05, 4.69) is 39.1 Å². The summed E-state index contributed by atoms with van der Waals surface area (Å²) in [6.07, 6.45) is 8.52. The second kappa shape index (κ2) is 9.91. The molecule has 1 aliphatic carbocycles. The van der Waals surface area contributed by atoms with Gasteiger partial charge in [0.05, 0.1) is 17.8 Å². The lowest BCUT2D eigenvalue weighted by Gasteiger charge is -2.38. The highest BCUT2D eigenvalue weighted by molar-refractivity contribution is 5.98. The fourth-order valence-electron chi connectivity index (χ4n) is 9.96. The fraction of sp³-hybridized carbons (Fsp3) is 0.600. The predicted molar refractivity (Wildman–Crippen MR) is 170 cm³/mol. The molecule has 2 aromatic carbocycles. The molecule has 0 amide bonds. The minimum atomic E-state index is -1.08. The standard InChI is InChI=1S/C35H43FN6O2/c1-22-5-2-6-23-15-26(43)16-29(31(22)23)40-14-10-27-28(19-40)38-33(39-32(27)41-17-24-8-9-25(18-41)37-24)44-21-34-11-4-13-42(34)30-7-3-12-35(30,36)20-34/h2,5-6,15-16,24-25,30,37,43H,3-4,7-14,17-21H2,1H3/t24?,25?,30-,34?,35+/m1/s1. The number of aryl methyl sites for hydroxylation is 1. The number of halogens is 1. The molecular formula is C35H43FN6O2. The normalized spacial score (nSPS) is 32.7. The van der Waals surface area contributed by atoms with Crippen molar-refractivity contribution in [1.29, 1.82) is 0 Å². The van der Waals surface area contributed by atoms with E-state index in [9.17, 15) is 5.11 Å². The van der Waals surface area contributed by atoms with Gasteiger partial charge in [0, 0.05) is 66.9 Å². The third-order valence-electron chi connectivity index (χ3n) is 11.8. The number of benzene rings is 2. The van der Waals surface area contributed by atoms with Crippen LogP contribution >= 0.6 is 0 Å². The zero-order chi connectivity index (χ0) is 29.6. The number of phenols is 1. The second-order valence-corrected chi connectivity index (χ2v) is 14.5. The number of hydrogen-bond acceptors (Lipinski definition) is 8. The first-order chi connectivity index (χ1) is 21.4. The number of nitrogens with zero attached hydrogens (tertiary/aromatic N) is 5. The van der Waals surface area contributed by atoms with Crippen molar-refractivity contribution in [2.45, 2.75) is 101 Å². The van der Waals surface area contributed by atoms with Crippen LogP contribution in [0.15, 0.2) is 30.3 Å². The van der Waals surface area contributed by atoms with Gasteiger partial charge in [0.15, 0.2) is 0 Å².